The van der Waals surface area contributed by atoms with Gasteiger partial charge >= 0.3 is 0 Å². The number of nitrogens with one attached hydrogen (secondary N) is 4. The second-order valence-electron chi connectivity index (χ2n) is 11.2. The molecule has 2 aliphatic carbocycles. The van der Waals surface area contributed by atoms with Crippen LogP contribution in [0.4, 0.5) is 0 Å². The molecule has 3 rings (SSSR count). The molecule has 0 spiro atoms. The van der Waals surface area contributed by atoms with Crippen molar-refractivity contribution in [3.05, 3.63) is 35.4 Å². The van der Waals surface area contributed by atoms with E-state index in [1.807, 2.05) is 0 Å². The number of rotatable bonds is 11. The highest BCUT2D eigenvalue weighted by Gasteiger charge is 2.38. The van der Waals surface area contributed by atoms with Gasteiger partial charge in [0.1, 0.15) is 17.4 Å². The number of carbonyl (C=O) groups is 2. The molecule has 1 atom stereocenters. The Hall–Kier alpha value is -2.46. The molecule has 0 radical (unpaired) electrons. The fourth-order valence-corrected chi connectivity index (χ4v) is 7.12. The highest BCUT2D eigenvalue weighted by atomic mass is 32.2. The van der Waals surface area contributed by atoms with E-state index in [4.69, 9.17) is 11.1 Å². The highest BCUT2D eigenvalue weighted by molar-refractivity contribution is 7.89. The summed E-state index contributed by atoms with van der Waals surface area (Å²) in [6.45, 7) is 3.48. The van der Waals surface area contributed by atoms with Crippen LogP contribution in [0.2, 0.25) is 0 Å². The average molecular weight is 534 g/mol. The fourth-order valence-electron chi connectivity index (χ4n) is 5.38. The van der Waals surface area contributed by atoms with E-state index in [9.17, 15) is 18.0 Å². The van der Waals surface area contributed by atoms with E-state index in [2.05, 4.69) is 15.4 Å². The van der Waals surface area contributed by atoms with Gasteiger partial charge in [-0.25, -0.2) is 13.1 Å². The minimum Gasteiger partial charge on any atom is -0.384 e. The lowest BCUT2D eigenvalue weighted by Crippen LogP contribution is -2.60. The maximum absolute atomic E-state index is 13.5. The van der Waals surface area contributed by atoms with Crippen LogP contribution in [0.3, 0.4) is 0 Å². The number of hydrogen-bond acceptors (Lipinski definition) is 5. The Morgan fingerprint density at radius 2 is 1.57 bits per heavy atom. The van der Waals surface area contributed by atoms with Crippen LogP contribution >= 0.6 is 0 Å². The summed E-state index contributed by atoms with van der Waals surface area (Å²) in [5.41, 5.74) is 5.67. The molecule has 0 saturated heterocycles. The zero-order valence-corrected chi connectivity index (χ0v) is 23.0. The molecule has 9 nitrogen and oxygen atoms in total. The molecule has 0 bridgehead atoms. The van der Waals surface area contributed by atoms with Crippen molar-refractivity contribution in [1.29, 1.82) is 5.41 Å². The van der Waals surface area contributed by atoms with Gasteiger partial charge in [0.05, 0.1) is 5.75 Å². The first kappa shape index (κ1) is 29.1. The van der Waals surface area contributed by atoms with Crippen LogP contribution in [0.1, 0.15) is 89.2 Å². The fraction of sp³-hybridized carbons (Fsp3) is 0.667. The minimum absolute atomic E-state index is 0.0266. The first-order valence-corrected chi connectivity index (χ1v) is 15.2. The molecule has 10 heteroatoms. The second-order valence-corrected chi connectivity index (χ2v) is 13.0. The summed E-state index contributed by atoms with van der Waals surface area (Å²) >= 11 is 0. The maximum Gasteiger partial charge on any atom is 0.245 e. The minimum atomic E-state index is -3.64. The summed E-state index contributed by atoms with van der Waals surface area (Å²) in [5.74, 6) is -0.757. The normalized spacial score (nSPS) is 18.6. The Balaban J connectivity index is 1.64. The lowest BCUT2D eigenvalue weighted by Gasteiger charge is -2.33. The molecule has 206 valence electrons. The van der Waals surface area contributed by atoms with Gasteiger partial charge < -0.3 is 16.4 Å². The predicted molar refractivity (Wildman–Crippen MR) is 145 cm³/mol. The van der Waals surface area contributed by atoms with Gasteiger partial charge in [-0.05, 0) is 56.9 Å². The maximum atomic E-state index is 13.5. The van der Waals surface area contributed by atoms with Gasteiger partial charge in [0.15, 0.2) is 0 Å². The van der Waals surface area contributed by atoms with Crippen LogP contribution in [0, 0.1) is 17.2 Å². The Morgan fingerprint density at radius 3 is 2.14 bits per heavy atom. The van der Waals surface area contributed by atoms with Crippen LogP contribution in [0.5, 0.6) is 0 Å². The van der Waals surface area contributed by atoms with Crippen LogP contribution in [-0.4, -0.2) is 43.4 Å². The van der Waals surface area contributed by atoms with Crippen molar-refractivity contribution in [2.24, 2.45) is 17.6 Å². The molecule has 2 amide bonds. The van der Waals surface area contributed by atoms with Crippen LogP contribution in [0.25, 0.3) is 0 Å². The van der Waals surface area contributed by atoms with Gasteiger partial charge in [0.2, 0.25) is 21.8 Å². The number of nitrogen functional groups attached to an aromatic ring is 1. The quantitative estimate of drug-likeness (QED) is 0.219. The Morgan fingerprint density at radius 1 is 1.00 bits per heavy atom. The zero-order chi connectivity index (χ0) is 27.1. The number of carbonyl (C=O) groups excluding carboxylic acids is 2. The lowest BCUT2D eigenvalue weighted by molar-refractivity contribution is -0.133. The van der Waals surface area contributed by atoms with E-state index in [0.29, 0.717) is 5.56 Å². The molecule has 2 fully saturated rings. The number of nitrogens with two attached hydrogens (primary N) is 1. The molecule has 1 aromatic rings. The average Bonchev–Trinajstić information content (AvgIpc) is 2.86. The number of hydrogen-bond donors (Lipinski definition) is 5. The molecule has 2 aliphatic rings. The summed E-state index contributed by atoms with van der Waals surface area (Å²) < 4.78 is 28.9. The van der Waals surface area contributed by atoms with Gasteiger partial charge in [-0.2, -0.15) is 0 Å². The van der Waals surface area contributed by atoms with E-state index < -0.39 is 27.5 Å². The van der Waals surface area contributed by atoms with Gasteiger partial charge in [-0.3, -0.25) is 15.0 Å². The van der Waals surface area contributed by atoms with Gasteiger partial charge in [-0.15, -0.1) is 0 Å². The summed E-state index contributed by atoms with van der Waals surface area (Å²) in [6.07, 6.45) is 9.65. The SMILES string of the molecule is CC(C)(NC(=O)[C@H](NS(=O)(=O)CC1CCCCC1)C1CCCCC1)C(=O)NCc1ccc(C(=N)N)cc1. The monoisotopic (exact) mass is 533 g/mol. The molecule has 1 aromatic carbocycles. The number of amidine groups is 1. The molecule has 2 saturated carbocycles. The summed E-state index contributed by atoms with van der Waals surface area (Å²) in [7, 11) is -3.64. The molecule has 0 aromatic heterocycles. The summed E-state index contributed by atoms with van der Waals surface area (Å²) in [5, 5.41) is 13.1. The third kappa shape index (κ3) is 8.81. The zero-order valence-electron chi connectivity index (χ0n) is 22.1. The molecule has 6 N–H and O–H groups in total. The molecular weight excluding hydrogens is 490 g/mol. The topological polar surface area (TPSA) is 154 Å². The number of sulfonamides is 1. The Bertz CT molecular complexity index is 1040. The smallest absolute Gasteiger partial charge is 0.245 e. The third-order valence-corrected chi connectivity index (χ3v) is 9.13. The largest absolute Gasteiger partial charge is 0.384 e. The van der Waals surface area contributed by atoms with E-state index in [-0.39, 0.29) is 35.9 Å². The number of amides is 2. The van der Waals surface area contributed by atoms with E-state index in [1.54, 1.807) is 38.1 Å². The second kappa shape index (κ2) is 12.9. The van der Waals surface area contributed by atoms with Crippen LogP contribution in [-0.2, 0) is 26.2 Å². The molecular formula is C27H43N5O4S. The van der Waals surface area contributed by atoms with E-state index in [1.165, 1.54) is 0 Å². The van der Waals surface area contributed by atoms with Gasteiger partial charge in [0, 0.05) is 12.1 Å². The molecule has 0 unspecified atom stereocenters. The Labute approximate surface area is 221 Å². The van der Waals surface area contributed by atoms with E-state index >= 15 is 0 Å². The van der Waals surface area contributed by atoms with Gasteiger partial charge in [-0.1, -0.05) is 62.8 Å². The highest BCUT2D eigenvalue weighted by Crippen LogP contribution is 2.29. The Kier molecular flexibility index (Phi) is 10.1. The van der Waals surface area contributed by atoms with Crippen molar-refractivity contribution in [2.75, 3.05) is 5.75 Å². The molecule has 37 heavy (non-hydrogen) atoms. The van der Waals surface area contributed by atoms with Crippen molar-refractivity contribution in [3.8, 4) is 0 Å². The van der Waals surface area contributed by atoms with Crippen LogP contribution < -0.4 is 21.1 Å². The number of benzene rings is 1. The van der Waals surface area contributed by atoms with Crippen molar-refractivity contribution < 1.29 is 18.0 Å². The first-order chi connectivity index (χ1) is 17.5. The predicted octanol–water partition coefficient (Wildman–Crippen LogP) is 2.93. The van der Waals surface area contributed by atoms with Crippen molar-refractivity contribution in [3.63, 3.8) is 0 Å². The van der Waals surface area contributed by atoms with Crippen LogP contribution in [0.15, 0.2) is 24.3 Å². The first-order valence-electron chi connectivity index (χ1n) is 13.5. The summed E-state index contributed by atoms with van der Waals surface area (Å²) in [6, 6.07) is 6.10. The van der Waals surface area contributed by atoms with Crippen molar-refractivity contribution in [2.45, 2.75) is 96.2 Å². The van der Waals surface area contributed by atoms with Crippen molar-refractivity contribution in [1.82, 2.24) is 15.4 Å². The standard InChI is InChI=1S/C27H43N5O4S/c1-27(2,26(34)30-17-19-13-15-22(16-14-19)24(28)29)31-25(33)23(21-11-7-4-8-12-21)32-37(35,36)18-20-9-5-3-6-10-20/h13-16,20-21,23,32H,3-12,17-18H2,1-2H3,(H3,28,29)(H,30,34)(H,31,33)/t23-/m1/s1. The third-order valence-electron chi connectivity index (χ3n) is 7.61. The summed E-state index contributed by atoms with van der Waals surface area (Å²) in [4.78, 5) is 26.4. The molecule has 0 heterocycles. The molecule has 0 aliphatic heterocycles. The van der Waals surface area contributed by atoms with E-state index in [0.717, 1.165) is 69.8 Å². The van der Waals surface area contributed by atoms with Gasteiger partial charge in [0.25, 0.3) is 0 Å². The van der Waals surface area contributed by atoms with Crippen molar-refractivity contribution >= 4 is 27.7 Å². The lowest BCUT2D eigenvalue weighted by atomic mass is 9.83.